The van der Waals surface area contributed by atoms with E-state index in [-0.39, 0.29) is 5.82 Å². The zero-order chi connectivity index (χ0) is 13.9. The second kappa shape index (κ2) is 5.72. The lowest BCUT2D eigenvalue weighted by Gasteiger charge is -2.43. The number of hydrogen-bond acceptors (Lipinski definition) is 7. The molecular weight excluding hydrogens is 258 g/mol. The molecule has 2 aliphatic rings. The van der Waals surface area contributed by atoms with Gasteiger partial charge in [-0.25, -0.2) is 14.8 Å². The molecule has 0 atom stereocenters. The number of rotatable bonds is 3. The van der Waals surface area contributed by atoms with Crippen LogP contribution in [0.2, 0.25) is 0 Å². The van der Waals surface area contributed by atoms with Crippen LogP contribution in [0.1, 0.15) is 10.6 Å². The first kappa shape index (κ1) is 13.3. The van der Waals surface area contributed by atoms with E-state index in [1.807, 2.05) is 6.07 Å². The Labute approximate surface area is 117 Å². The summed E-state index contributed by atoms with van der Waals surface area (Å²) in [6.07, 6.45) is 1.61. The SMILES string of the molecule is COC(=O)c1nccc(N2CCN(C3CNC3)CC2)n1. The number of carbonyl (C=O) groups excluding carboxylic acids is 1. The Hall–Kier alpha value is -1.73. The van der Waals surface area contributed by atoms with Crippen LogP contribution in [0, 0.1) is 0 Å². The Kier molecular flexibility index (Phi) is 3.79. The summed E-state index contributed by atoms with van der Waals surface area (Å²) in [5.41, 5.74) is 0. The Balaban J connectivity index is 1.63. The minimum absolute atomic E-state index is 0.121. The third kappa shape index (κ3) is 2.59. The summed E-state index contributed by atoms with van der Waals surface area (Å²) in [5, 5.41) is 3.30. The maximum Gasteiger partial charge on any atom is 0.376 e. The Morgan fingerprint density at radius 1 is 1.35 bits per heavy atom. The van der Waals surface area contributed by atoms with E-state index in [0.29, 0.717) is 6.04 Å². The zero-order valence-corrected chi connectivity index (χ0v) is 11.6. The van der Waals surface area contributed by atoms with Gasteiger partial charge in [0.25, 0.3) is 0 Å². The van der Waals surface area contributed by atoms with E-state index in [2.05, 4.69) is 29.8 Å². The van der Waals surface area contributed by atoms with Gasteiger partial charge in [0, 0.05) is 51.5 Å². The fourth-order valence-corrected chi connectivity index (χ4v) is 2.56. The van der Waals surface area contributed by atoms with Crippen molar-refractivity contribution in [3.63, 3.8) is 0 Å². The van der Waals surface area contributed by atoms with Crippen molar-refractivity contribution < 1.29 is 9.53 Å². The van der Waals surface area contributed by atoms with E-state index in [0.717, 1.165) is 45.1 Å². The van der Waals surface area contributed by atoms with Crippen LogP contribution >= 0.6 is 0 Å². The van der Waals surface area contributed by atoms with Crippen LogP contribution in [0.25, 0.3) is 0 Å². The molecule has 3 heterocycles. The lowest BCUT2D eigenvalue weighted by atomic mass is 10.1. The molecule has 0 spiro atoms. The Morgan fingerprint density at radius 3 is 2.70 bits per heavy atom. The first-order valence-corrected chi connectivity index (χ1v) is 6.89. The quantitative estimate of drug-likeness (QED) is 0.737. The van der Waals surface area contributed by atoms with E-state index in [4.69, 9.17) is 0 Å². The maximum absolute atomic E-state index is 11.5. The molecule has 0 aromatic carbocycles. The van der Waals surface area contributed by atoms with Gasteiger partial charge in [0.05, 0.1) is 7.11 Å². The van der Waals surface area contributed by atoms with Crippen molar-refractivity contribution in [2.45, 2.75) is 6.04 Å². The number of anilines is 1. The van der Waals surface area contributed by atoms with E-state index in [9.17, 15) is 4.79 Å². The normalized spacial score (nSPS) is 20.6. The van der Waals surface area contributed by atoms with Crippen molar-refractivity contribution in [3.8, 4) is 0 Å². The van der Waals surface area contributed by atoms with Gasteiger partial charge in [-0.05, 0) is 6.07 Å². The molecule has 0 radical (unpaired) electrons. The van der Waals surface area contributed by atoms with Crippen LogP contribution < -0.4 is 10.2 Å². The van der Waals surface area contributed by atoms with Gasteiger partial charge in [-0.1, -0.05) is 0 Å². The van der Waals surface area contributed by atoms with Crippen molar-refractivity contribution in [3.05, 3.63) is 18.1 Å². The van der Waals surface area contributed by atoms with Gasteiger partial charge in [-0.2, -0.15) is 0 Å². The molecule has 2 fully saturated rings. The van der Waals surface area contributed by atoms with Gasteiger partial charge < -0.3 is 15.0 Å². The molecule has 0 bridgehead atoms. The predicted molar refractivity (Wildman–Crippen MR) is 73.8 cm³/mol. The highest BCUT2D eigenvalue weighted by Gasteiger charge is 2.28. The average Bonchev–Trinajstić information content (AvgIpc) is 2.45. The van der Waals surface area contributed by atoms with Crippen molar-refractivity contribution >= 4 is 11.8 Å². The summed E-state index contributed by atoms with van der Waals surface area (Å²) in [5.74, 6) is 0.424. The zero-order valence-electron chi connectivity index (χ0n) is 11.6. The van der Waals surface area contributed by atoms with Crippen LogP contribution in [0.4, 0.5) is 5.82 Å². The smallest absolute Gasteiger partial charge is 0.376 e. The molecule has 20 heavy (non-hydrogen) atoms. The number of methoxy groups -OCH3 is 1. The summed E-state index contributed by atoms with van der Waals surface area (Å²) in [4.78, 5) is 24.4. The summed E-state index contributed by atoms with van der Waals surface area (Å²) < 4.78 is 4.65. The number of esters is 1. The molecule has 2 aliphatic heterocycles. The highest BCUT2D eigenvalue weighted by molar-refractivity contribution is 5.85. The van der Waals surface area contributed by atoms with E-state index in [1.54, 1.807) is 6.20 Å². The second-order valence-electron chi connectivity index (χ2n) is 5.07. The highest BCUT2D eigenvalue weighted by atomic mass is 16.5. The topological polar surface area (TPSA) is 70.6 Å². The predicted octanol–water partition coefficient (Wildman–Crippen LogP) is -0.643. The molecule has 0 amide bonds. The first-order chi connectivity index (χ1) is 9.78. The molecule has 1 N–H and O–H groups in total. The standard InChI is InChI=1S/C13H19N5O2/c1-20-13(19)12-15-3-2-11(16-12)18-6-4-17(5-7-18)10-8-14-9-10/h2-3,10,14H,4-9H2,1H3. The lowest BCUT2D eigenvalue weighted by Crippen LogP contribution is -2.61. The summed E-state index contributed by atoms with van der Waals surface area (Å²) in [7, 11) is 1.34. The van der Waals surface area contributed by atoms with Gasteiger partial charge in [0.2, 0.25) is 5.82 Å². The Morgan fingerprint density at radius 2 is 2.10 bits per heavy atom. The number of nitrogens with one attached hydrogen (secondary N) is 1. The van der Waals surface area contributed by atoms with E-state index >= 15 is 0 Å². The van der Waals surface area contributed by atoms with Crippen LogP contribution in [0.15, 0.2) is 12.3 Å². The van der Waals surface area contributed by atoms with Crippen LogP contribution in [0.5, 0.6) is 0 Å². The monoisotopic (exact) mass is 277 g/mol. The van der Waals surface area contributed by atoms with Crippen molar-refractivity contribution in [2.24, 2.45) is 0 Å². The molecule has 0 aliphatic carbocycles. The van der Waals surface area contributed by atoms with E-state index in [1.165, 1.54) is 7.11 Å². The first-order valence-electron chi connectivity index (χ1n) is 6.89. The molecule has 1 aromatic rings. The van der Waals surface area contributed by atoms with Gasteiger partial charge >= 0.3 is 5.97 Å². The van der Waals surface area contributed by atoms with Crippen LogP contribution in [-0.4, -0.2) is 73.3 Å². The van der Waals surface area contributed by atoms with Crippen molar-refractivity contribution in [1.29, 1.82) is 0 Å². The van der Waals surface area contributed by atoms with Gasteiger partial charge in [0.15, 0.2) is 0 Å². The van der Waals surface area contributed by atoms with Crippen LogP contribution in [0.3, 0.4) is 0 Å². The summed E-state index contributed by atoms with van der Waals surface area (Å²) in [6, 6.07) is 2.53. The fraction of sp³-hybridized carbons (Fsp3) is 0.615. The third-order valence-corrected chi connectivity index (χ3v) is 3.92. The van der Waals surface area contributed by atoms with E-state index < -0.39 is 5.97 Å². The highest BCUT2D eigenvalue weighted by Crippen LogP contribution is 2.15. The summed E-state index contributed by atoms with van der Waals surface area (Å²) in [6.45, 7) is 6.11. The van der Waals surface area contributed by atoms with Gasteiger partial charge in [0.1, 0.15) is 5.82 Å². The second-order valence-corrected chi connectivity index (χ2v) is 5.07. The molecule has 7 heteroatoms. The average molecular weight is 277 g/mol. The minimum Gasteiger partial charge on any atom is -0.463 e. The van der Waals surface area contributed by atoms with Crippen molar-refractivity contribution in [1.82, 2.24) is 20.2 Å². The van der Waals surface area contributed by atoms with Gasteiger partial charge in [-0.3, -0.25) is 4.90 Å². The molecule has 1 aromatic heterocycles. The lowest BCUT2D eigenvalue weighted by molar-refractivity contribution is 0.0586. The third-order valence-electron chi connectivity index (χ3n) is 3.92. The molecule has 0 saturated carbocycles. The van der Waals surface area contributed by atoms with Crippen molar-refractivity contribution in [2.75, 3.05) is 51.3 Å². The number of carbonyl (C=O) groups is 1. The van der Waals surface area contributed by atoms with Crippen LogP contribution in [-0.2, 0) is 4.74 Å². The Bertz CT molecular complexity index is 483. The number of hydrogen-bond donors (Lipinski definition) is 1. The largest absolute Gasteiger partial charge is 0.463 e. The number of nitrogens with zero attached hydrogens (tertiary/aromatic N) is 4. The number of aromatic nitrogens is 2. The molecular formula is C13H19N5O2. The minimum atomic E-state index is -0.494. The molecule has 108 valence electrons. The molecule has 7 nitrogen and oxygen atoms in total. The molecule has 0 unspecified atom stereocenters. The van der Waals surface area contributed by atoms with Gasteiger partial charge in [-0.15, -0.1) is 0 Å². The number of ether oxygens (including phenoxy) is 1. The fourth-order valence-electron chi connectivity index (χ4n) is 2.56. The maximum atomic E-state index is 11.5. The number of piperazine rings is 1. The summed E-state index contributed by atoms with van der Waals surface area (Å²) >= 11 is 0. The molecule has 2 saturated heterocycles. The molecule has 3 rings (SSSR count).